The van der Waals surface area contributed by atoms with Gasteiger partial charge in [-0.15, -0.1) is 0 Å². The molecule has 0 radical (unpaired) electrons. The molecule has 1 amide bonds. The fraction of sp³-hybridized carbons (Fsp3) is 0.400. The Morgan fingerprint density at radius 1 is 1.42 bits per heavy atom. The number of aliphatic hydroxyl groups is 1. The highest BCUT2D eigenvalue weighted by Crippen LogP contribution is 1.93. The summed E-state index contributed by atoms with van der Waals surface area (Å²) in [7, 11) is 0. The molecule has 0 aliphatic carbocycles. The first-order chi connectivity index (χ1) is 8.81. The number of nitrogens with one attached hydrogen (secondary N) is 2. The van der Waals surface area contributed by atoms with Crippen LogP contribution in [0.4, 0.5) is 0 Å². The van der Waals surface area contributed by atoms with E-state index in [0.29, 0.717) is 0 Å². The van der Waals surface area contributed by atoms with E-state index in [1.54, 1.807) is 0 Å². The molecule has 1 aromatic heterocycles. The van der Waals surface area contributed by atoms with E-state index >= 15 is 0 Å². The third-order valence-corrected chi connectivity index (χ3v) is 2.26. The van der Waals surface area contributed by atoms with E-state index in [1.165, 1.54) is 6.92 Å². The number of carbonyl (C=O) groups excluding carboxylic acids is 1. The molecule has 1 heterocycles. The molecule has 2 atom stereocenters. The van der Waals surface area contributed by atoms with Gasteiger partial charge in [-0.25, -0.2) is 9.48 Å². The maximum absolute atomic E-state index is 11.5. The van der Waals surface area contributed by atoms with Gasteiger partial charge in [0.15, 0.2) is 6.04 Å². The average Bonchev–Trinajstić information content (AvgIpc) is 2.30. The van der Waals surface area contributed by atoms with Crippen LogP contribution in [-0.2, 0) is 16.1 Å². The van der Waals surface area contributed by atoms with E-state index in [0.717, 1.165) is 16.8 Å². The minimum Gasteiger partial charge on any atom is -0.480 e. The Hall–Kier alpha value is -2.42. The van der Waals surface area contributed by atoms with Gasteiger partial charge in [0, 0.05) is 12.1 Å². The zero-order valence-electron chi connectivity index (χ0n) is 9.99. The molecule has 19 heavy (non-hydrogen) atoms. The Morgan fingerprint density at radius 2 is 2.05 bits per heavy atom. The zero-order chi connectivity index (χ0) is 14.6. The first kappa shape index (κ1) is 14.6. The largest absolute Gasteiger partial charge is 0.480 e. The van der Waals surface area contributed by atoms with Gasteiger partial charge in [-0.1, -0.05) is 0 Å². The number of carboxylic acids is 1. The van der Waals surface area contributed by atoms with E-state index in [-0.39, 0.29) is 0 Å². The first-order valence-electron chi connectivity index (χ1n) is 5.31. The van der Waals surface area contributed by atoms with Crippen molar-refractivity contribution in [1.29, 1.82) is 0 Å². The molecule has 1 aromatic rings. The highest BCUT2D eigenvalue weighted by Gasteiger charge is 2.25. The quantitative estimate of drug-likeness (QED) is 0.466. The minimum atomic E-state index is -1.49. The molecule has 0 aliphatic rings. The number of nitrogens with zero attached hydrogens (tertiary/aromatic N) is 1. The van der Waals surface area contributed by atoms with E-state index in [4.69, 9.17) is 5.11 Å². The summed E-state index contributed by atoms with van der Waals surface area (Å²) in [4.78, 5) is 44.6. The van der Waals surface area contributed by atoms with E-state index in [1.807, 2.05) is 5.32 Å². The lowest BCUT2D eigenvalue weighted by atomic mass is 10.2. The monoisotopic (exact) mass is 271 g/mol. The van der Waals surface area contributed by atoms with Gasteiger partial charge in [0.25, 0.3) is 11.1 Å². The Morgan fingerprint density at radius 3 is 2.58 bits per heavy atom. The average molecular weight is 271 g/mol. The molecule has 104 valence electrons. The lowest BCUT2D eigenvalue weighted by molar-refractivity contribution is -0.144. The van der Waals surface area contributed by atoms with Crippen LogP contribution >= 0.6 is 0 Å². The molecule has 0 saturated heterocycles. The third-order valence-electron chi connectivity index (χ3n) is 2.26. The number of hydrogen-bond acceptors (Lipinski definition) is 5. The summed E-state index contributed by atoms with van der Waals surface area (Å²) >= 11 is 0. The van der Waals surface area contributed by atoms with Gasteiger partial charge in [0.2, 0.25) is 5.91 Å². The van der Waals surface area contributed by atoms with Crippen molar-refractivity contribution in [2.75, 3.05) is 0 Å². The van der Waals surface area contributed by atoms with E-state index < -0.39 is 41.7 Å². The molecule has 0 fully saturated rings. The van der Waals surface area contributed by atoms with Gasteiger partial charge < -0.3 is 15.5 Å². The number of aromatic amines is 1. The highest BCUT2D eigenvalue weighted by atomic mass is 16.4. The Kier molecular flexibility index (Phi) is 4.59. The van der Waals surface area contributed by atoms with Crippen LogP contribution in [0.15, 0.2) is 21.7 Å². The second-order valence-electron chi connectivity index (χ2n) is 3.86. The standard InChI is InChI=1S/C10H13N3O6/c1-5(14)9(10(18)19)11-7(16)4-13-8(17)3-2-6(15)12-13/h2-3,5,9,14H,4H2,1H3,(H,11,16)(H,12,15)(H,18,19)/t5-,9+/m1/s1. The summed E-state index contributed by atoms with van der Waals surface area (Å²) in [5.41, 5.74) is -1.18. The van der Waals surface area contributed by atoms with Crippen LogP contribution in [0, 0.1) is 0 Å². The van der Waals surface area contributed by atoms with Gasteiger partial charge in [-0.2, -0.15) is 0 Å². The fourth-order valence-corrected chi connectivity index (χ4v) is 1.33. The van der Waals surface area contributed by atoms with Crippen molar-refractivity contribution in [2.45, 2.75) is 25.6 Å². The number of carboxylic acid groups (broad SMARTS) is 1. The molecule has 1 rings (SSSR count). The number of hydrogen-bond donors (Lipinski definition) is 4. The fourth-order valence-electron chi connectivity index (χ4n) is 1.33. The number of aliphatic hydroxyl groups excluding tert-OH is 1. The van der Waals surface area contributed by atoms with Gasteiger partial charge in [-0.05, 0) is 6.92 Å². The van der Waals surface area contributed by atoms with Crippen LogP contribution in [0.2, 0.25) is 0 Å². The molecular formula is C10H13N3O6. The maximum Gasteiger partial charge on any atom is 0.328 e. The highest BCUT2D eigenvalue weighted by molar-refractivity contribution is 5.83. The van der Waals surface area contributed by atoms with Crippen molar-refractivity contribution in [3.8, 4) is 0 Å². The number of aromatic nitrogens is 2. The predicted molar refractivity (Wildman–Crippen MR) is 62.6 cm³/mol. The molecule has 0 unspecified atom stereocenters. The molecular weight excluding hydrogens is 258 g/mol. The van der Waals surface area contributed by atoms with Crippen LogP contribution in [0.3, 0.4) is 0 Å². The van der Waals surface area contributed by atoms with Crippen LogP contribution in [-0.4, -0.2) is 44.0 Å². The van der Waals surface area contributed by atoms with Crippen molar-refractivity contribution in [1.82, 2.24) is 15.1 Å². The van der Waals surface area contributed by atoms with Crippen molar-refractivity contribution < 1.29 is 19.8 Å². The van der Waals surface area contributed by atoms with Crippen molar-refractivity contribution in [2.24, 2.45) is 0 Å². The topological polar surface area (TPSA) is 141 Å². The van der Waals surface area contributed by atoms with Gasteiger partial charge in [0.1, 0.15) is 6.54 Å². The van der Waals surface area contributed by atoms with Crippen LogP contribution < -0.4 is 16.4 Å². The predicted octanol–water partition coefficient (Wildman–Crippen LogP) is -2.51. The van der Waals surface area contributed by atoms with Crippen molar-refractivity contribution >= 4 is 11.9 Å². The molecule has 4 N–H and O–H groups in total. The zero-order valence-corrected chi connectivity index (χ0v) is 9.99. The summed E-state index contributed by atoms with van der Waals surface area (Å²) in [6.07, 6.45) is -1.30. The minimum absolute atomic E-state index is 0.550. The lowest BCUT2D eigenvalue weighted by Gasteiger charge is -2.17. The molecule has 9 heteroatoms. The van der Waals surface area contributed by atoms with Crippen LogP contribution in [0.5, 0.6) is 0 Å². The van der Waals surface area contributed by atoms with Crippen molar-refractivity contribution in [3.63, 3.8) is 0 Å². The Labute approximate surface area is 106 Å². The molecule has 0 saturated carbocycles. The van der Waals surface area contributed by atoms with Gasteiger partial charge >= 0.3 is 5.97 Å². The maximum atomic E-state index is 11.5. The number of rotatable bonds is 5. The molecule has 0 aromatic carbocycles. The third kappa shape index (κ3) is 4.07. The molecule has 0 bridgehead atoms. The summed E-state index contributed by atoms with van der Waals surface area (Å²) in [5.74, 6) is -2.23. The Bertz CT molecular complexity index is 587. The molecule has 0 aliphatic heterocycles. The normalized spacial score (nSPS) is 13.6. The van der Waals surface area contributed by atoms with E-state index in [9.17, 15) is 24.3 Å². The SMILES string of the molecule is C[C@@H](O)[C@H](NC(=O)Cn1[nH]c(=O)ccc1=O)C(=O)O. The summed E-state index contributed by atoms with van der Waals surface area (Å²) in [5, 5.41) is 22.1. The van der Waals surface area contributed by atoms with Crippen LogP contribution in [0.25, 0.3) is 0 Å². The second kappa shape index (κ2) is 5.96. The van der Waals surface area contributed by atoms with Gasteiger partial charge in [0.05, 0.1) is 6.10 Å². The number of carbonyl (C=O) groups is 2. The Balaban J connectivity index is 2.80. The smallest absolute Gasteiger partial charge is 0.328 e. The summed E-state index contributed by atoms with van der Waals surface area (Å²) in [6, 6.07) is 0.501. The van der Waals surface area contributed by atoms with E-state index in [2.05, 4.69) is 5.10 Å². The van der Waals surface area contributed by atoms with Gasteiger partial charge in [-0.3, -0.25) is 19.5 Å². The first-order valence-corrected chi connectivity index (χ1v) is 5.31. The molecule has 0 spiro atoms. The number of H-pyrrole nitrogens is 1. The summed E-state index contributed by atoms with van der Waals surface area (Å²) < 4.78 is 0.735. The van der Waals surface area contributed by atoms with Crippen LogP contribution in [0.1, 0.15) is 6.92 Å². The number of aliphatic carboxylic acids is 1. The second-order valence-corrected chi connectivity index (χ2v) is 3.86. The summed E-state index contributed by atoms with van der Waals surface area (Å²) in [6.45, 7) is 0.654. The molecule has 9 nitrogen and oxygen atoms in total. The lowest BCUT2D eigenvalue weighted by Crippen LogP contribution is -2.49. The number of amides is 1. The van der Waals surface area contributed by atoms with Crippen molar-refractivity contribution in [3.05, 3.63) is 32.8 Å².